The summed E-state index contributed by atoms with van der Waals surface area (Å²) in [6.45, 7) is 4.33. The molecule has 35 heavy (non-hydrogen) atoms. The Bertz CT molecular complexity index is 1170. The third kappa shape index (κ3) is 6.66. The summed E-state index contributed by atoms with van der Waals surface area (Å²) in [5.41, 5.74) is 2.44. The van der Waals surface area contributed by atoms with Gasteiger partial charge in [-0.25, -0.2) is 8.42 Å². The van der Waals surface area contributed by atoms with Crippen molar-refractivity contribution in [2.45, 2.75) is 45.7 Å². The molecule has 1 heterocycles. The van der Waals surface area contributed by atoms with Crippen molar-refractivity contribution in [2.75, 3.05) is 30.9 Å². The number of carbonyl (C=O) groups excluding carboxylic acids is 2. The third-order valence-electron chi connectivity index (χ3n) is 5.86. The number of nitrogens with zero attached hydrogens (tertiary/aromatic N) is 2. The highest BCUT2D eigenvalue weighted by Gasteiger charge is 2.28. The molecular formula is C25H33N3O6S. The van der Waals surface area contributed by atoms with Crippen LogP contribution in [0.4, 0.5) is 5.69 Å². The lowest BCUT2D eigenvalue weighted by atomic mass is 10.1. The molecule has 1 N–H and O–H groups in total. The van der Waals surface area contributed by atoms with Crippen molar-refractivity contribution < 1.29 is 27.5 Å². The number of hydrogen-bond acceptors (Lipinski definition) is 6. The van der Waals surface area contributed by atoms with E-state index in [-0.39, 0.29) is 38.0 Å². The van der Waals surface area contributed by atoms with Gasteiger partial charge in [-0.05, 0) is 37.5 Å². The van der Waals surface area contributed by atoms with Gasteiger partial charge in [0.15, 0.2) is 11.5 Å². The van der Waals surface area contributed by atoms with E-state index in [9.17, 15) is 18.0 Å². The van der Waals surface area contributed by atoms with E-state index >= 15 is 0 Å². The van der Waals surface area contributed by atoms with Crippen LogP contribution in [0.15, 0.2) is 42.5 Å². The van der Waals surface area contributed by atoms with Crippen LogP contribution < -0.4 is 19.1 Å². The van der Waals surface area contributed by atoms with E-state index < -0.39 is 16.1 Å². The molecule has 9 nitrogen and oxygen atoms in total. The average Bonchev–Trinajstić information content (AvgIpc) is 3.28. The third-order valence-corrected chi connectivity index (χ3v) is 7.06. The maximum atomic E-state index is 13.3. The highest BCUT2D eigenvalue weighted by molar-refractivity contribution is 7.92. The Morgan fingerprint density at radius 2 is 1.86 bits per heavy atom. The second kappa shape index (κ2) is 11.4. The van der Waals surface area contributed by atoms with Gasteiger partial charge in [0.25, 0.3) is 0 Å². The largest absolute Gasteiger partial charge is 0.454 e. The van der Waals surface area contributed by atoms with E-state index in [2.05, 4.69) is 5.32 Å². The van der Waals surface area contributed by atoms with Gasteiger partial charge in [0.2, 0.25) is 28.6 Å². The molecule has 0 fully saturated rings. The summed E-state index contributed by atoms with van der Waals surface area (Å²) in [5, 5.41) is 2.64. The van der Waals surface area contributed by atoms with Crippen molar-refractivity contribution in [1.82, 2.24) is 10.2 Å². The second-order valence-corrected chi connectivity index (χ2v) is 10.4. The zero-order valence-corrected chi connectivity index (χ0v) is 21.4. The molecular weight excluding hydrogens is 470 g/mol. The summed E-state index contributed by atoms with van der Waals surface area (Å²) in [6.07, 6.45) is 1.97. The molecule has 1 aliphatic rings. The quantitative estimate of drug-likeness (QED) is 0.506. The number of fused-ring (bicyclic) bond motifs is 1. The number of sulfonamides is 1. The topological polar surface area (TPSA) is 105 Å². The summed E-state index contributed by atoms with van der Waals surface area (Å²) >= 11 is 0. The van der Waals surface area contributed by atoms with Crippen LogP contribution in [-0.2, 0) is 26.2 Å². The van der Waals surface area contributed by atoms with Gasteiger partial charge in [-0.1, -0.05) is 36.8 Å². The van der Waals surface area contributed by atoms with Gasteiger partial charge in [0.1, 0.15) is 6.04 Å². The average molecular weight is 504 g/mol. The van der Waals surface area contributed by atoms with E-state index in [1.165, 1.54) is 4.31 Å². The molecule has 1 atom stereocenters. The van der Waals surface area contributed by atoms with E-state index in [4.69, 9.17) is 9.47 Å². The Morgan fingerprint density at radius 3 is 2.51 bits per heavy atom. The number of ether oxygens (including phenoxy) is 2. The molecule has 10 heteroatoms. The first kappa shape index (κ1) is 26.3. The number of amides is 2. The SMILES string of the molecule is CCC(C(=O)NC)N(Cc1cccc(C)c1)C(=O)CCCN(c1ccc2c(c1)OCO2)S(C)(=O)=O. The lowest BCUT2D eigenvalue weighted by Gasteiger charge is -2.31. The predicted octanol–water partition coefficient (Wildman–Crippen LogP) is 2.82. The maximum Gasteiger partial charge on any atom is 0.242 e. The van der Waals surface area contributed by atoms with E-state index in [0.29, 0.717) is 30.2 Å². The normalized spacial score (nSPS) is 13.3. The summed E-state index contributed by atoms with van der Waals surface area (Å²) < 4.78 is 36.9. The monoisotopic (exact) mass is 503 g/mol. The number of anilines is 1. The Hall–Kier alpha value is -3.27. The minimum Gasteiger partial charge on any atom is -0.454 e. The van der Waals surface area contributed by atoms with Crippen LogP contribution in [-0.4, -0.2) is 57.8 Å². The fourth-order valence-electron chi connectivity index (χ4n) is 4.14. The molecule has 2 aromatic carbocycles. The zero-order valence-electron chi connectivity index (χ0n) is 20.6. The smallest absolute Gasteiger partial charge is 0.242 e. The van der Waals surface area contributed by atoms with E-state index in [1.807, 2.05) is 38.1 Å². The van der Waals surface area contributed by atoms with Gasteiger partial charge >= 0.3 is 0 Å². The van der Waals surface area contributed by atoms with Crippen molar-refractivity contribution in [3.8, 4) is 11.5 Å². The molecule has 190 valence electrons. The number of nitrogens with one attached hydrogen (secondary N) is 1. The van der Waals surface area contributed by atoms with Gasteiger partial charge in [0, 0.05) is 32.6 Å². The zero-order chi connectivity index (χ0) is 25.6. The molecule has 2 aromatic rings. The van der Waals surface area contributed by atoms with Crippen LogP contribution in [0.1, 0.15) is 37.3 Å². The van der Waals surface area contributed by atoms with Crippen LogP contribution in [0.5, 0.6) is 11.5 Å². The number of benzene rings is 2. The van der Waals surface area contributed by atoms with Gasteiger partial charge in [-0.3, -0.25) is 13.9 Å². The van der Waals surface area contributed by atoms with Gasteiger partial charge in [-0.15, -0.1) is 0 Å². The maximum absolute atomic E-state index is 13.3. The Morgan fingerprint density at radius 1 is 1.11 bits per heavy atom. The molecule has 1 unspecified atom stereocenters. The summed E-state index contributed by atoms with van der Waals surface area (Å²) in [4.78, 5) is 27.4. The van der Waals surface area contributed by atoms with Crippen LogP contribution in [0.25, 0.3) is 0 Å². The molecule has 1 aliphatic heterocycles. The summed E-state index contributed by atoms with van der Waals surface area (Å²) in [5.74, 6) is 0.601. The summed E-state index contributed by atoms with van der Waals surface area (Å²) in [6, 6.07) is 12.1. The standard InChI is InChI=1S/C25H33N3O6S/c1-5-21(25(30)26-3)27(16-19-9-6-8-18(2)14-19)24(29)10-7-13-28(35(4,31)32)20-11-12-22-23(15-20)34-17-33-22/h6,8-9,11-12,14-15,21H,5,7,10,13,16-17H2,1-4H3,(H,26,30). The molecule has 0 bridgehead atoms. The van der Waals surface area contributed by atoms with Crippen LogP contribution in [0.3, 0.4) is 0 Å². The number of rotatable bonds is 11. The molecule has 0 spiro atoms. The molecule has 0 saturated heterocycles. The number of hydrogen-bond donors (Lipinski definition) is 1. The minimum absolute atomic E-state index is 0.0901. The predicted molar refractivity (Wildman–Crippen MR) is 134 cm³/mol. The van der Waals surface area contributed by atoms with Crippen molar-refractivity contribution in [1.29, 1.82) is 0 Å². The Balaban J connectivity index is 1.75. The number of aryl methyl sites for hydroxylation is 1. The van der Waals surface area contributed by atoms with Gasteiger partial charge < -0.3 is 19.7 Å². The first-order chi connectivity index (χ1) is 16.6. The molecule has 0 aromatic heterocycles. The van der Waals surface area contributed by atoms with E-state index in [0.717, 1.165) is 17.4 Å². The van der Waals surface area contributed by atoms with Crippen LogP contribution in [0.2, 0.25) is 0 Å². The van der Waals surface area contributed by atoms with Gasteiger partial charge in [0.05, 0.1) is 11.9 Å². The molecule has 2 amide bonds. The van der Waals surface area contributed by atoms with E-state index in [1.54, 1.807) is 30.1 Å². The highest BCUT2D eigenvalue weighted by Crippen LogP contribution is 2.36. The lowest BCUT2D eigenvalue weighted by Crippen LogP contribution is -2.48. The highest BCUT2D eigenvalue weighted by atomic mass is 32.2. The number of likely N-dealkylation sites (N-methyl/N-ethyl adjacent to an activating group) is 1. The molecule has 0 radical (unpaired) electrons. The fourth-order valence-corrected chi connectivity index (χ4v) is 5.09. The second-order valence-electron chi connectivity index (χ2n) is 8.53. The van der Waals surface area contributed by atoms with Gasteiger partial charge in [-0.2, -0.15) is 0 Å². The summed E-state index contributed by atoms with van der Waals surface area (Å²) in [7, 11) is -2.05. The van der Waals surface area contributed by atoms with Crippen molar-refractivity contribution in [2.24, 2.45) is 0 Å². The van der Waals surface area contributed by atoms with Crippen molar-refractivity contribution in [3.05, 3.63) is 53.6 Å². The van der Waals surface area contributed by atoms with Crippen molar-refractivity contribution in [3.63, 3.8) is 0 Å². The van der Waals surface area contributed by atoms with Crippen molar-refractivity contribution >= 4 is 27.5 Å². The lowest BCUT2D eigenvalue weighted by molar-refractivity contribution is -0.141. The number of carbonyl (C=O) groups is 2. The molecule has 0 aliphatic carbocycles. The Kier molecular flexibility index (Phi) is 8.61. The minimum atomic E-state index is -3.60. The first-order valence-corrected chi connectivity index (χ1v) is 13.4. The fraction of sp³-hybridized carbons (Fsp3) is 0.440. The molecule has 0 saturated carbocycles. The van der Waals surface area contributed by atoms with Crippen LogP contribution >= 0.6 is 0 Å². The van der Waals surface area contributed by atoms with Crippen LogP contribution in [0, 0.1) is 6.92 Å². The first-order valence-electron chi connectivity index (χ1n) is 11.6. The molecule has 3 rings (SSSR count). The Labute approximate surface area is 207 Å².